The summed E-state index contributed by atoms with van der Waals surface area (Å²) in [6.45, 7) is 6.52. The van der Waals surface area contributed by atoms with Gasteiger partial charge in [0.2, 0.25) is 0 Å². The third kappa shape index (κ3) is 5.73. The average molecular weight is 436 g/mol. The molecule has 2 aliphatic rings. The van der Waals surface area contributed by atoms with E-state index in [0.717, 1.165) is 37.3 Å². The number of phenols is 1. The smallest absolute Gasteiger partial charge is 0.119 e. The van der Waals surface area contributed by atoms with Gasteiger partial charge in [-0.15, -0.1) is 0 Å². The Bertz CT molecular complexity index is 869. The van der Waals surface area contributed by atoms with E-state index < -0.39 is 0 Å². The first-order valence-electron chi connectivity index (χ1n) is 12.2. The topological polar surface area (TPSA) is 52.9 Å². The highest BCUT2D eigenvalue weighted by atomic mass is 16.5. The number of aliphatic hydroxyl groups excluding tert-OH is 1. The summed E-state index contributed by atoms with van der Waals surface area (Å²) in [6.07, 6.45) is 8.07. The Morgan fingerprint density at radius 2 is 1.69 bits per heavy atom. The summed E-state index contributed by atoms with van der Waals surface area (Å²) in [6, 6.07) is 16.2. The molecule has 0 aromatic heterocycles. The molecule has 1 aliphatic carbocycles. The molecule has 1 heterocycles. The van der Waals surface area contributed by atoms with Crippen molar-refractivity contribution in [3.05, 3.63) is 71.3 Å². The van der Waals surface area contributed by atoms with Crippen LogP contribution < -0.4 is 4.74 Å². The van der Waals surface area contributed by atoms with E-state index in [1.54, 1.807) is 12.1 Å². The first kappa shape index (κ1) is 22.9. The zero-order valence-corrected chi connectivity index (χ0v) is 19.2. The van der Waals surface area contributed by atoms with Gasteiger partial charge in [0.15, 0.2) is 0 Å². The zero-order valence-electron chi connectivity index (χ0n) is 19.2. The van der Waals surface area contributed by atoms with Gasteiger partial charge in [0, 0.05) is 6.54 Å². The Morgan fingerprint density at radius 3 is 2.38 bits per heavy atom. The normalized spacial score (nSPS) is 24.2. The summed E-state index contributed by atoms with van der Waals surface area (Å²) in [5, 5.41) is 19.5. The van der Waals surface area contributed by atoms with Gasteiger partial charge in [0.1, 0.15) is 18.1 Å². The number of hydrogen-bond acceptors (Lipinski definition) is 4. The molecule has 1 saturated heterocycles. The van der Waals surface area contributed by atoms with Crippen molar-refractivity contribution < 1.29 is 14.9 Å². The highest BCUT2D eigenvalue weighted by Gasteiger charge is 2.33. The third-order valence-electron chi connectivity index (χ3n) is 7.40. The number of ether oxygens (including phenoxy) is 1. The van der Waals surface area contributed by atoms with Crippen LogP contribution in [0.15, 0.2) is 60.2 Å². The number of piperidine rings is 1. The largest absolute Gasteiger partial charge is 0.508 e. The zero-order chi connectivity index (χ0) is 22.3. The number of phenolic OH excluding ortho intramolecular Hbond substituents is 1. The number of aliphatic hydroxyl groups is 1. The summed E-state index contributed by atoms with van der Waals surface area (Å²) in [4.78, 5) is 2.50. The molecule has 0 radical (unpaired) electrons. The molecule has 3 unspecified atom stereocenters. The van der Waals surface area contributed by atoms with E-state index in [9.17, 15) is 10.2 Å². The quantitative estimate of drug-likeness (QED) is 0.563. The van der Waals surface area contributed by atoms with Gasteiger partial charge in [0.25, 0.3) is 0 Å². The number of hydrogen-bond donors (Lipinski definition) is 2. The molecule has 0 saturated carbocycles. The lowest BCUT2D eigenvalue weighted by molar-refractivity contribution is 0.183. The van der Waals surface area contributed by atoms with Crippen LogP contribution >= 0.6 is 0 Å². The van der Waals surface area contributed by atoms with Crippen LogP contribution in [-0.4, -0.2) is 48.0 Å². The molecule has 172 valence electrons. The van der Waals surface area contributed by atoms with Gasteiger partial charge < -0.3 is 14.9 Å². The Labute approximate surface area is 192 Å². The molecule has 0 amide bonds. The van der Waals surface area contributed by atoms with E-state index in [0.29, 0.717) is 23.5 Å². The maximum atomic E-state index is 9.83. The summed E-state index contributed by atoms with van der Waals surface area (Å²) in [5.41, 5.74) is 3.70. The SMILES string of the molecule is CC1C(CO)=CCC(c2ccc(O)cc2)C1Cc1ccc(OCCN2CCCCC2)cc1. The second kappa shape index (κ2) is 11.0. The second-order valence-corrected chi connectivity index (χ2v) is 9.42. The van der Waals surface area contributed by atoms with Crippen LogP contribution in [0.2, 0.25) is 0 Å². The number of likely N-dealkylation sites (tertiary alicyclic amines) is 1. The molecule has 2 aromatic carbocycles. The van der Waals surface area contributed by atoms with Gasteiger partial charge in [-0.1, -0.05) is 43.7 Å². The van der Waals surface area contributed by atoms with Gasteiger partial charge in [0.05, 0.1) is 6.61 Å². The maximum absolute atomic E-state index is 9.83. The maximum Gasteiger partial charge on any atom is 0.119 e. The monoisotopic (exact) mass is 435 g/mol. The Morgan fingerprint density at radius 1 is 0.969 bits per heavy atom. The molecule has 1 fully saturated rings. The average Bonchev–Trinajstić information content (AvgIpc) is 2.83. The molecule has 3 atom stereocenters. The molecule has 0 spiro atoms. The minimum atomic E-state index is 0.129. The molecule has 4 heteroatoms. The fraction of sp³-hybridized carbons (Fsp3) is 0.500. The van der Waals surface area contributed by atoms with Gasteiger partial charge >= 0.3 is 0 Å². The fourth-order valence-corrected chi connectivity index (χ4v) is 5.36. The van der Waals surface area contributed by atoms with Crippen molar-refractivity contribution in [1.29, 1.82) is 0 Å². The van der Waals surface area contributed by atoms with E-state index in [-0.39, 0.29) is 6.61 Å². The summed E-state index contributed by atoms with van der Waals surface area (Å²) >= 11 is 0. The molecule has 2 N–H and O–H groups in total. The van der Waals surface area contributed by atoms with E-state index in [4.69, 9.17) is 4.74 Å². The molecular formula is C28H37NO3. The number of allylic oxidation sites excluding steroid dienone is 1. The first-order valence-corrected chi connectivity index (χ1v) is 12.2. The molecule has 4 nitrogen and oxygen atoms in total. The van der Waals surface area contributed by atoms with Crippen LogP contribution in [0.4, 0.5) is 0 Å². The van der Waals surface area contributed by atoms with Gasteiger partial charge in [-0.25, -0.2) is 0 Å². The van der Waals surface area contributed by atoms with Gasteiger partial charge in [-0.2, -0.15) is 0 Å². The fourth-order valence-electron chi connectivity index (χ4n) is 5.36. The first-order chi connectivity index (χ1) is 15.6. The standard InChI is InChI=1S/C28H37NO3/c1-21-24(20-30)9-14-27(23-7-10-25(31)11-8-23)28(21)19-22-5-12-26(13-6-22)32-18-17-29-15-3-2-4-16-29/h5-13,21,27-28,30-31H,2-4,14-20H2,1H3. The van der Waals surface area contributed by atoms with Gasteiger partial charge in [-0.05, 0) is 97.5 Å². The van der Waals surface area contributed by atoms with Crippen LogP contribution in [0.25, 0.3) is 0 Å². The van der Waals surface area contributed by atoms with Crippen molar-refractivity contribution in [1.82, 2.24) is 4.90 Å². The lowest BCUT2D eigenvalue weighted by Gasteiger charge is -2.37. The van der Waals surface area contributed by atoms with Crippen LogP contribution in [-0.2, 0) is 6.42 Å². The van der Waals surface area contributed by atoms with E-state index >= 15 is 0 Å². The highest BCUT2D eigenvalue weighted by Crippen LogP contribution is 2.43. The lowest BCUT2D eigenvalue weighted by Crippen LogP contribution is -2.33. The van der Waals surface area contributed by atoms with Crippen molar-refractivity contribution in [2.75, 3.05) is 32.8 Å². The Hall–Kier alpha value is -2.30. The van der Waals surface area contributed by atoms with Crippen LogP contribution in [0.3, 0.4) is 0 Å². The van der Waals surface area contributed by atoms with Crippen LogP contribution in [0.5, 0.6) is 11.5 Å². The molecular weight excluding hydrogens is 398 g/mol. The third-order valence-corrected chi connectivity index (χ3v) is 7.40. The summed E-state index contributed by atoms with van der Waals surface area (Å²) < 4.78 is 6.00. The van der Waals surface area contributed by atoms with E-state index in [2.05, 4.69) is 42.2 Å². The molecule has 1 aliphatic heterocycles. The van der Waals surface area contributed by atoms with Crippen LogP contribution in [0.1, 0.15) is 49.7 Å². The predicted octanol–water partition coefficient (Wildman–Crippen LogP) is 5.16. The van der Waals surface area contributed by atoms with E-state index in [1.165, 1.54) is 43.5 Å². The number of benzene rings is 2. The minimum Gasteiger partial charge on any atom is -0.508 e. The van der Waals surface area contributed by atoms with Crippen molar-refractivity contribution in [2.24, 2.45) is 11.8 Å². The molecule has 4 rings (SSSR count). The number of aromatic hydroxyl groups is 1. The number of nitrogens with zero attached hydrogens (tertiary/aromatic N) is 1. The van der Waals surface area contributed by atoms with Crippen molar-refractivity contribution in [3.8, 4) is 11.5 Å². The Balaban J connectivity index is 1.39. The van der Waals surface area contributed by atoms with E-state index in [1.807, 2.05) is 12.1 Å². The second-order valence-electron chi connectivity index (χ2n) is 9.42. The molecule has 2 aromatic rings. The van der Waals surface area contributed by atoms with Gasteiger partial charge in [-0.3, -0.25) is 4.90 Å². The highest BCUT2D eigenvalue weighted by molar-refractivity contribution is 5.33. The summed E-state index contributed by atoms with van der Waals surface area (Å²) in [5.74, 6) is 2.33. The van der Waals surface area contributed by atoms with Crippen molar-refractivity contribution in [2.45, 2.75) is 44.9 Å². The molecule has 0 bridgehead atoms. The summed E-state index contributed by atoms with van der Waals surface area (Å²) in [7, 11) is 0. The lowest BCUT2D eigenvalue weighted by atomic mass is 9.68. The Kier molecular flexibility index (Phi) is 7.88. The number of rotatable bonds is 8. The van der Waals surface area contributed by atoms with Crippen LogP contribution in [0, 0.1) is 11.8 Å². The van der Waals surface area contributed by atoms with Crippen molar-refractivity contribution >= 4 is 0 Å². The molecule has 32 heavy (non-hydrogen) atoms. The van der Waals surface area contributed by atoms with Crippen molar-refractivity contribution in [3.63, 3.8) is 0 Å². The predicted molar refractivity (Wildman–Crippen MR) is 129 cm³/mol. The minimum absolute atomic E-state index is 0.129.